The van der Waals surface area contributed by atoms with Gasteiger partial charge in [-0.25, -0.2) is 4.99 Å². The fourth-order valence-electron chi connectivity index (χ4n) is 2.60. The SMILES string of the molecule is CCNC(=NCC(=O)NC1CCCCC1)NCc1ccco1.I. The van der Waals surface area contributed by atoms with E-state index >= 15 is 0 Å². The van der Waals surface area contributed by atoms with E-state index in [1.807, 2.05) is 19.1 Å². The summed E-state index contributed by atoms with van der Waals surface area (Å²) in [5.41, 5.74) is 0. The maximum absolute atomic E-state index is 12.0. The van der Waals surface area contributed by atoms with Gasteiger partial charge in [-0.1, -0.05) is 19.3 Å². The Hall–Kier alpha value is -1.25. The molecule has 23 heavy (non-hydrogen) atoms. The van der Waals surface area contributed by atoms with Crippen LogP contribution in [-0.2, 0) is 11.3 Å². The van der Waals surface area contributed by atoms with Gasteiger partial charge in [0.05, 0.1) is 12.8 Å². The smallest absolute Gasteiger partial charge is 0.242 e. The molecule has 1 aromatic heterocycles. The zero-order valence-electron chi connectivity index (χ0n) is 13.6. The highest BCUT2D eigenvalue weighted by molar-refractivity contribution is 14.0. The molecule has 0 atom stereocenters. The van der Waals surface area contributed by atoms with E-state index in [0.29, 0.717) is 18.5 Å². The van der Waals surface area contributed by atoms with Gasteiger partial charge in [0.15, 0.2) is 5.96 Å². The molecule has 0 bridgehead atoms. The lowest BCUT2D eigenvalue weighted by molar-refractivity contribution is -0.120. The number of amides is 1. The van der Waals surface area contributed by atoms with Crippen molar-refractivity contribution in [3.63, 3.8) is 0 Å². The molecule has 0 aromatic carbocycles. The van der Waals surface area contributed by atoms with Gasteiger partial charge in [-0.15, -0.1) is 24.0 Å². The lowest BCUT2D eigenvalue weighted by Gasteiger charge is -2.22. The Kier molecular flexibility index (Phi) is 9.74. The second-order valence-electron chi connectivity index (χ2n) is 5.53. The van der Waals surface area contributed by atoms with E-state index in [1.165, 1.54) is 19.3 Å². The third-order valence-corrected chi connectivity index (χ3v) is 3.71. The summed E-state index contributed by atoms with van der Waals surface area (Å²) in [4.78, 5) is 16.3. The van der Waals surface area contributed by atoms with E-state index < -0.39 is 0 Å². The molecule has 0 unspecified atom stereocenters. The van der Waals surface area contributed by atoms with Crippen LogP contribution in [0.3, 0.4) is 0 Å². The molecular formula is C16H27IN4O2. The number of guanidine groups is 1. The predicted octanol–water partition coefficient (Wildman–Crippen LogP) is 2.40. The van der Waals surface area contributed by atoms with E-state index in [1.54, 1.807) is 6.26 Å². The Bertz CT molecular complexity index is 470. The summed E-state index contributed by atoms with van der Waals surface area (Å²) in [7, 11) is 0. The largest absolute Gasteiger partial charge is 0.467 e. The minimum atomic E-state index is -0.0119. The van der Waals surface area contributed by atoms with E-state index in [4.69, 9.17) is 4.42 Å². The molecule has 0 spiro atoms. The van der Waals surface area contributed by atoms with Crippen LogP contribution >= 0.6 is 24.0 Å². The van der Waals surface area contributed by atoms with Gasteiger partial charge in [-0.2, -0.15) is 0 Å². The number of hydrogen-bond acceptors (Lipinski definition) is 3. The molecule has 1 fully saturated rings. The summed E-state index contributed by atoms with van der Waals surface area (Å²) < 4.78 is 5.26. The number of nitrogens with one attached hydrogen (secondary N) is 3. The third kappa shape index (κ3) is 7.71. The average Bonchev–Trinajstić information content (AvgIpc) is 3.04. The number of furan rings is 1. The number of aliphatic imine (C=N–C) groups is 1. The first-order chi connectivity index (χ1) is 10.8. The Morgan fingerprint density at radius 2 is 2.09 bits per heavy atom. The van der Waals surface area contributed by atoms with E-state index in [0.717, 1.165) is 25.1 Å². The zero-order valence-corrected chi connectivity index (χ0v) is 16.0. The minimum absolute atomic E-state index is 0. The molecule has 1 amide bonds. The van der Waals surface area contributed by atoms with Crippen molar-refractivity contribution in [1.82, 2.24) is 16.0 Å². The van der Waals surface area contributed by atoms with Gasteiger partial charge < -0.3 is 20.4 Å². The highest BCUT2D eigenvalue weighted by Crippen LogP contribution is 2.17. The first-order valence-electron chi connectivity index (χ1n) is 8.12. The number of rotatable bonds is 6. The van der Waals surface area contributed by atoms with Gasteiger partial charge in [-0.05, 0) is 31.9 Å². The fourth-order valence-corrected chi connectivity index (χ4v) is 2.60. The van der Waals surface area contributed by atoms with Crippen molar-refractivity contribution < 1.29 is 9.21 Å². The maximum Gasteiger partial charge on any atom is 0.242 e. The molecule has 0 radical (unpaired) electrons. The lowest BCUT2D eigenvalue weighted by Crippen LogP contribution is -2.40. The Labute approximate surface area is 154 Å². The zero-order chi connectivity index (χ0) is 15.6. The Morgan fingerprint density at radius 3 is 2.74 bits per heavy atom. The number of carbonyl (C=O) groups is 1. The molecule has 1 heterocycles. The number of nitrogens with zero attached hydrogens (tertiary/aromatic N) is 1. The molecule has 1 saturated carbocycles. The predicted molar refractivity (Wildman–Crippen MR) is 102 cm³/mol. The standard InChI is InChI=1S/C16H26N4O2.HI/c1-2-17-16(18-11-14-9-6-10-22-14)19-12-15(21)20-13-7-4-3-5-8-13;/h6,9-10,13H,2-5,7-8,11-12H2,1H3,(H,20,21)(H2,17,18,19);1H. The van der Waals surface area contributed by atoms with E-state index in [-0.39, 0.29) is 36.4 Å². The molecule has 1 aliphatic rings. The molecule has 2 rings (SSSR count). The van der Waals surface area contributed by atoms with Gasteiger partial charge in [0.25, 0.3) is 0 Å². The van der Waals surface area contributed by atoms with Crippen molar-refractivity contribution in [2.45, 2.75) is 51.6 Å². The highest BCUT2D eigenvalue weighted by atomic mass is 127. The molecule has 3 N–H and O–H groups in total. The lowest BCUT2D eigenvalue weighted by atomic mass is 9.95. The highest BCUT2D eigenvalue weighted by Gasteiger charge is 2.15. The summed E-state index contributed by atoms with van der Waals surface area (Å²) in [5.74, 6) is 1.44. The first kappa shape index (κ1) is 19.8. The monoisotopic (exact) mass is 434 g/mol. The quantitative estimate of drug-likeness (QED) is 0.365. The second kappa shape index (κ2) is 11.3. The van der Waals surface area contributed by atoms with Crippen molar-refractivity contribution >= 4 is 35.8 Å². The van der Waals surface area contributed by atoms with Crippen LogP contribution in [0.25, 0.3) is 0 Å². The number of hydrogen-bond donors (Lipinski definition) is 3. The number of halogens is 1. The molecule has 7 heteroatoms. The van der Waals surface area contributed by atoms with Crippen molar-refractivity contribution in [2.75, 3.05) is 13.1 Å². The van der Waals surface area contributed by atoms with Gasteiger partial charge in [-0.3, -0.25) is 4.79 Å². The van der Waals surface area contributed by atoms with Crippen molar-refractivity contribution in [1.29, 1.82) is 0 Å². The maximum atomic E-state index is 12.0. The van der Waals surface area contributed by atoms with Gasteiger partial charge in [0.1, 0.15) is 12.3 Å². The van der Waals surface area contributed by atoms with Crippen molar-refractivity contribution in [3.8, 4) is 0 Å². The normalized spacial score (nSPS) is 15.6. The first-order valence-corrected chi connectivity index (χ1v) is 8.12. The summed E-state index contributed by atoms with van der Waals surface area (Å²) in [6.07, 6.45) is 7.52. The number of carbonyl (C=O) groups excluding carboxylic acids is 1. The molecule has 0 saturated heterocycles. The van der Waals surface area contributed by atoms with E-state index in [9.17, 15) is 4.79 Å². The fraction of sp³-hybridized carbons (Fsp3) is 0.625. The minimum Gasteiger partial charge on any atom is -0.467 e. The summed E-state index contributed by atoms with van der Waals surface area (Å²) in [6, 6.07) is 4.07. The second-order valence-corrected chi connectivity index (χ2v) is 5.53. The van der Waals surface area contributed by atoms with Crippen molar-refractivity contribution in [2.24, 2.45) is 4.99 Å². The topological polar surface area (TPSA) is 78.7 Å². The molecular weight excluding hydrogens is 407 g/mol. The molecule has 6 nitrogen and oxygen atoms in total. The summed E-state index contributed by atoms with van der Waals surface area (Å²) >= 11 is 0. The average molecular weight is 434 g/mol. The van der Waals surface area contributed by atoms with Crippen LogP contribution < -0.4 is 16.0 Å². The molecule has 1 aliphatic carbocycles. The van der Waals surface area contributed by atoms with Gasteiger partial charge >= 0.3 is 0 Å². The van der Waals surface area contributed by atoms with Crippen LogP contribution in [0, 0.1) is 0 Å². The van der Waals surface area contributed by atoms with Crippen LogP contribution in [0.1, 0.15) is 44.8 Å². The summed E-state index contributed by atoms with van der Waals surface area (Å²) in [6.45, 7) is 3.42. The van der Waals surface area contributed by atoms with Crippen LogP contribution in [0.15, 0.2) is 27.8 Å². The summed E-state index contributed by atoms with van der Waals surface area (Å²) in [5, 5.41) is 9.33. The van der Waals surface area contributed by atoms with Crippen LogP contribution in [0.4, 0.5) is 0 Å². The van der Waals surface area contributed by atoms with Crippen molar-refractivity contribution in [3.05, 3.63) is 24.2 Å². The molecule has 1 aromatic rings. The Balaban J connectivity index is 0.00000264. The Morgan fingerprint density at radius 1 is 1.30 bits per heavy atom. The molecule has 0 aliphatic heterocycles. The van der Waals surface area contributed by atoms with Crippen LogP contribution in [0.2, 0.25) is 0 Å². The van der Waals surface area contributed by atoms with Crippen LogP contribution in [0.5, 0.6) is 0 Å². The van der Waals surface area contributed by atoms with Crippen LogP contribution in [-0.4, -0.2) is 31.0 Å². The van der Waals surface area contributed by atoms with Gasteiger partial charge in [0.2, 0.25) is 5.91 Å². The van der Waals surface area contributed by atoms with Gasteiger partial charge in [0, 0.05) is 12.6 Å². The molecule has 130 valence electrons. The van der Waals surface area contributed by atoms with E-state index in [2.05, 4.69) is 20.9 Å². The third-order valence-electron chi connectivity index (χ3n) is 3.71.